The van der Waals surface area contributed by atoms with Crippen molar-refractivity contribution in [1.29, 1.82) is 0 Å². The van der Waals surface area contributed by atoms with E-state index in [0.29, 0.717) is 5.92 Å². The summed E-state index contributed by atoms with van der Waals surface area (Å²) in [5.41, 5.74) is 6.72. The molecule has 4 aromatic rings. The molecule has 4 nitrogen and oxygen atoms in total. The highest BCUT2D eigenvalue weighted by molar-refractivity contribution is 7.09. The predicted octanol–water partition coefficient (Wildman–Crippen LogP) is 7.34. The van der Waals surface area contributed by atoms with Crippen molar-refractivity contribution in [3.63, 3.8) is 0 Å². The topological polar surface area (TPSA) is 43.6 Å². The Kier molecular flexibility index (Phi) is 7.15. The number of aryl methyl sites for hydroxylation is 2. The highest BCUT2D eigenvalue weighted by atomic mass is 32.1. The molecule has 0 saturated heterocycles. The van der Waals surface area contributed by atoms with Crippen LogP contribution in [0.15, 0.2) is 60.0 Å². The van der Waals surface area contributed by atoms with Gasteiger partial charge in [-0.3, -0.25) is 0 Å². The molecule has 0 aliphatic rings. The third kappa shape index (κ3) is 5.33. The molecule has 5 heteroatoms. The second kappa shape index (κ2) is 10.2. The van der Waals surface area contributed by atoms with Crippen molar-refractivity contribution >= 4 is 11.3 Å². The molecule has 0 N–H and O–H groups in total. The largest absolute Gasteiger partial charge is 0.246 e. The number of hydrogen-bond acceptors (Lipinski definition) is 4. The fourth-order valence-corrected chi connectivity index (χ4v) is 4.62. The molecule has 0 radical (unpaired) electrons. The zero-order valence-electron chi connectivity index (χ0n) is 19.5. The highest BCUT2D eigenvalue weighted by Gasteiger charge is 2.16. The first-order valence-corrected chi connectivity index (χ1v) is 12.4. The summed E-state index contributed by atoms with van der Waals surface area (Å²) in [6.07, 6.45) is 4.43. The van der Waals surface area contributed by atoms with Crippen LogP contribution in [0.3, 0.4) is 0 Å². The summed E-state index contributed by atoms with van der Waals surface area (Å²) >= 11 is 1.79. The van der Waals surface area contributed by atoms with Crippen LogP contribution < -0.4 is 0 Å². The van der Waals surface area contributed by atoms with Crippen molar-refractivity contribution in [2.45, 2.75) is 65.3 Å². The van der Waals surface area contributed by atoms with Crippen LogP contribution in [-0.4, -0.2) is 20.0 Å². The molecule has 0 amide bonds. The minimum Gasteiger partial charge on any atom is -0.246 e. The lowest BCUT2D eigenvalue weighted by molar-refractivity contribution is 0.468. The molecular weight excluding hydrogens is 412 g/mol. The van der Waals surface area contributed by atoms with Crippen LogP contribution in [0, 0.1) is 0 Å². The first-order valence-electron chi connectivity index (χ1n) is 11.6. The fourth-order valence-electron chi connectivity index (χ4n) is 3.75. The Hall–Kier alpha value is -2.79. The minimum atomic E-state index is 0.219. The van der Waals surface area contributed by atoms with E-state index in [0.717, 1.165) is 48.2 Å². The van der Waals surface area contributed by atoms with Gasteiger partial charge in [0.05, 0.1) is 16.7 Å². The summed E-state index contributed by atoms with van der Waals surface area (Å²) in [5, 5.41) is 13.1. The molecule has 0 unspecified atom stereocenters. The molecule has 32 heavy (non-hydrogen) atoms. The van der Waals surface area contributed by atoms with Gasteiger partial charge < -0.3 is 0 Å². The number of nitrogens with zero attached hydrogens (tertiary/aromatic N) is 4. The van der Waals surface area contributed by atoms with Crippen LogP contribution in [0.2, 0.25) is 0 Å². The lowest BCUT2D eigenvalue weighted by Gasteiger charge is -2.05. The summed E-state index contributed by atoms with van der Waals surface area (Å²) in [6, 6.07) is 19.3. The van der Waals surface area contributed by atoms with Crippen LogP contribution in [0.5, 0.6) is 0 Å². The van der Waals surface area contributed by atoms with E-state index in [2.05, 4.69) is 81.6 Å². The van der Waals surface area contributed by atoms with Crippen molar-refractivity contribution < 1.29 is 0 Å². The van der Waals surface area contributed by atoms with E-state index >= 15 is 0 Å². The van der Waals surface area contributed by atoms with Gasteiger partial charge in [0.25, 0.3) is 0 Å². The van der Waals surface area contributed by atoms with Gasteiger partial charge in [-0.15, -0.1) is 11.3 Å². The van der Waals surface area contributed by atoms with Crippen LogP contribution in [0.4, 0.5) is 0 Å². The number of hydrogen-bond donors (Lipinski definition) is 0. The van der Waals surface area contributed by atoms with Gasteiger partial charge in [0.2, 0.25) is 0 Å². The van der Waals surface area contributed by atoms with Gasteiger partial charge in [-0.25, -0.2) is 4.98 Å². The summed E-state index contributed by atoms with van der Waals surface area (Å²) in [4.78, 5) is 6.59. The van der Waals surface area contributed by atoms with Crippen LogP contribution in [-0.2, 0) is 12.8 Å². The Morgan fingerprint density at radius 2 is 1.50 bits per heavy atom. The van der Waals surface area contributed by atoms with Gasteiger partial charge in [-0.05, 0) is 51.2 Å². The molecule has 2 aromatic heterocycles. The molecule has 0 aliphatic heterocycles. The lowest BCUT2D eigenvalue weighted by Crippen LogP contribution is -2.04. The average Bonchev–Trinajstić information content (AvgIpc) is 3.45. The maximum Gasteiger partial charge on any atom is 0.121 e. The second-order valence-electron chi connectivity index (χ2n) is 8.92. The van der Waals surface area contributed by atoms with E-state index in [1.165, 1.54) is 16.3 Å². The number of thiazole rings is 1. The number of benzene rings is 2. The Labute approximate surface area is 195 Å². The lowest BCUT2D eigenvalue weighted by atomic mass is 10.0. The summed E-state index contributed by atoms with van der Waals surface area (Å²) in [5.74, 6) is 0.519. The van der Waals surface area contributed by atoms with E-state index < -0.39 is 0 Å². The second-order valence-corrected chi connectivity index (χ2v) is 9.81. The third-order valence-corrected chi connectivity index (χ3v) is 6.74. The number of unbranched alkanes of at least 4 members (excludes halogenated alkanes) is 1. The van der Waals surface area contributed by atoms with Crippen LogP contribution in [0.25, 0.3) is 22.5 Å². The molecule has 0 fully saturated rings. The Morgan fingerprint density at radius 1 is 0.812 bits per heavy atom. The maximum atomic E-state index is 4.85. The standard InChI is InChI=1S/C27H32N4S/c1-19(2)27-28-24(18-32-27)16-9-8-11-21-12-10-15-23(17-21)26-25(22-13-6-5-7-14-22)29-31(30-26)20(3)4/h5-7,10,12-15,17-20H,8-9,11,16H2,1-4H3. The highest BCUT2D eigenvalue weighted by Crippen LogP contribution is 2.30. The molecular formula is C27H32N4S. The predicted molar refractivity (Wildman–Crippen MR) is 134 cm³/mol. The minimum absolute atomic E-state index is 0.219. The molecule has 2 heterocycles. The Morgan fingerprint density at radius 3 is 2.19 bits per heavy atom. The summed E-state index contributed by atoms with van der Waals surface area (Å²) in [6.45, 7) is 8.64. The Balaban J connectivity index is 1.47. The quantitative estimate of drug-likeness (QED) is 0.254. The molecule has 166 valence electrons. The van der Waals surface area contributed by atoms with E-state index in [1.807, 2.05) is 10.9 Å². The molecule has 2 aromatic carbocycles. The van der Waals surface area contributed by atoms with Crippen molar-refractivity contribution in [3.05, 3.63) is 76.2 Å². The molecule has 0 bridgehead atoms. The third-order valence-electron chi connectivity index (χ3n) is 5.55. The van der Waals surface area contributed by atoms with Crippen LogP contribution in [0.1, 0.15) is 68.8 Å². The van der Waals surface area contributed by atoms with Gasteiger partial charge in [-0.1, -0.05) is 62.4 Å². The smallest absolute Gasteiger partial charge is 0.121 e. The van der Waals surface area contributed by atoms with Crippen molar-refractivity contribution in [1.82, 2.24) is 20.0 Å². The molecule has 0 atom stereocenters. The SMILES string of the molecule is CC(C)c1nc(CCCCc2cccc(-c3nn(C(C)C)nc3-c3ccccc3)c2)cs1. The van der Waals surface area contributed by atoms with Gasteiger partial charge >= 0.3 is 0 Å². The van der Waals surface area contributed by atoms with Gasteiger partial charge in [0, 0.05) is 22.4 Å². The first-order chi connectivity index (χ1) is 15.5. The van der Waals surface area contributed by atoms with Crippen molar-refractivity contribution in [3.8, 4) is 22.5 Å². The summed E-state index contributed by atoms with van der Waals surface area (Å²) < 4.78 is 0. The molecule has 4 rings (SSSR count). The van der Waals surface area contributed by atoms with Gasteiger partial charge in [0.1, 0.15) is 11.4 Å². The number of rotatable bonds is 9. The molecule has 0 spiro atoms. The van der Waals surface area contributed by atoms with Gasteiger partial charge in [0.15, 0.2) is 0 Å². The number of aromatic nitrogens is 4. The van der Waals surface area contributed by atoms with Gasteiger partial charge in [-0.2, -0.15) is 15.0 Å². The van der Waals surface area contributed by atoms with E-state index in [9.17, 15) is 0 Å². The zero-order chi connectivity index (χ0) is 22.5. The molecule has 0 aliphatic carbocycles. The van der Waals surface area contributed by atoms with Crippen molar-refractivity contribution in [2.24, 2.45) is 0 Å². The monoisotopic (exact) mass is 444 g/mol. The maximum absolute atomic E-state index is 4.85. The normalized spacial score (nSPS) is 11.6. The summed E-state index contributed by atoms with van der Waals surface area (Å²) in [7, 11) is 0. The van der Waals surface area contributed by atoms with E-state index in [1.54, 1.807) is 11.3 Å². The van der Waals surface area contributed by atoms with E-state index in [4.69, 9.17) is 15.2 Å². The van der Waals surface area contributed by atoms with Crippen LogP contribution >= 0.6 is 11.3 Å². The first kappa shape index (κ1) is 22.4. The average molecular weight is 445 g/mol. The zero-order valence-corrected chi connectivity index (χ0v) is 20.3. The fraction of sp³-hybridized carbons (Fsp3) is 0.370. The van der Waals surface area contributed by atoms with Crippen molar-refractivity contribution in [2.75, 3.05) is 0 Å². The van der Waals surface area contributed by atoms with E-state index in [-0.39, 0.29) is 6.04 Å². The molecule has 0 saturated carbocycles. The Bertz CT molecular complexity index is 1140.